The number of hydrogen-bond donors (Lipinski definition) is 4. The number of rotatable bonds is 14. The van der Waals surface area contributed by atoms with E-state index in [0.717, 1.165) is 0 Å². The Labute approximate surface area is 155 Å². The Hall–Kier alpha value is -0.110. The van der Waals surface area contributed by atoms with Crippen LogP contribution in [0.5, 0.6) is 0 Å². The Morgan fingerprint density at radius 1 is 0.731 bits per heavy atom. The van der Waals surface area contributed by atoms with Crippen LogP contribution >= 0.6 is 15.6 Å². The minimum absolute atomic E-state index is 0.0902. The fourth-order valence-electron chi connectivity index (χ4n) is 2.61. The van der Waals surface area contributed by atoms with Crippen LogP contribution in [-0.2, 0) is 23.0 Å². The van der Waals surface area contributed by atoms with Gasteiger partial charge in [-0.2, -0.15) is 0 Å². The van der Waals surface area contributed by atoms with Gasteiger partial charge in [0.1, 0.15) is 5.78 Å². The molecule has 9 nitrogen and oxygen atoms in total. The minimum Gasteiger partial charge on any atom is -0.303 e. The first-order chi connectivity index (χ1) is 11.5. The average Bonchev–Trinajstić information content (AvgIpc) is 2.34. The van der Waals surface area contributed by atoms with Crippen molar-refractivity contribution in [3.05, 3.63) is 0 Å². The molecule has 0 aliphatic carbocycles. The van der Waals surface area contributed by atoms with Gasteiger partial charge in [0.25, 0.3) is 0 Å². The fourth-order valence-corrected chi connectivity index (χ4v) is 4.08. The lowest BCUT2D eigenvalue weighted by Gasteiger charge is -2.25. The molecule has 0 atom stereocenters. The van der Waals surface area contributed by atoms with E-state index in [1.165, 1.54) is 0 Å². The highest BCUT2D eigenvalue weighted by Gasteiger charge is 2.29. The zero-order chi connectivity index (χ0) is 20.6. The van der Waals surface area contributed by atoms with Crippen LogP contribution in [0.3, 0.4) is 0 Å². The van der Waals surface area contributed by atoms with Crippen LogP contribution in [0, 0.1) is 0 Å². The average molecular weight is 418 g/mol. The maximum Gasteiger partial charge on any atom is 0.470 e. The Bertz CT molecular complexity index is 487. The number of Topliss-reactive ketones (excluding diaryl/α,β-unsaturated/α-hetero) is 1. The van der Waals surface area contributed by atoms with Crippen LogP contribution in [0.15, 0.2) is 0 Å². The van der Waals surface area contributed by atoms with Gasteiger partial charge in [-0.1, -0.05) is 12.8 Å². The highest BCUT2D eigenvalue weighted by Crippen LogP contribution is 2.43. The van der Waals surface area contributed by atoms with E-state index in [1.807, 2.05) is 0 Å². The van der Waals surface area contributed by atoms with E-state index in [2.05, 4.69) is 0 Å². The molecule has 0 spiro atoms. The second-order valence-corrected chi connectivity index (χ2v) is 9.96. The predicted molar refractivity (Wildman–Crippen MR) is 96.4 cm³/mol. The molecule has 0 radical (unpaired) electrons. The Balaban J connectivity index is 3.91. The summed E-state index contributed by atoms with van der Waals surface area (Å²) in [6.45, 7) is 6.37. The summed E-state index contributed by atoms with van der Waals surface area (Å²) in [6, 6.07) is 0. The molecule has 0 bridgehead atoms. The van der Waals surface area contributed by atoms with Gasteiger partial charge >= 0.3 is 15.6 Å². The molecule has 0 aromatic rings. The van der Waals surface area contributed by atoms with Gasteiger partial charge < -0.3 is 19.6 Å². The van der Waals surface area contributed by atoms with Crippen molar-refractivity contribution in [1.82, 2.24) is 0 Å². The molecule has 0 heterocycles. The van der Waals surface area contributed by atoms with Gasteiger partial charge in [-0.25, -0.2) is 9.13 Å². The normalized spacial score (nSPS) is 13.8. The molecule has 0 saturated heterocycles. The predicted octanol–water partition coefficient (Wildman–Crippen LogP) is 3.45. The number of hydrogen-bond acceptors (Lipinski definition) is 5. The molecule has 26 heavy (non-hydrogen) atoms. The molecule has 0 aromatic carbocycles. The molecular weight excluding hydrogens is 386 g/mol. The summed E-state index contributed by atoms with van der Waals surface area (Å²) in [5, 5.41) is 0. The number of ketones is 1. The molecule has 0 fully saturated rings. The smallest absolute Gasteiger partial charge is 0.303 e. The summed E-state index contributed by atoms with van der Waals surface area (Å²) in [5.74, 6) is 0.0902. The highest BCUT2D eigenvalue weighted by atomic mass is 31.2. The second-order valence-electron chi connectivity index (χ2n) is 7.64. The van der Waals surface area contributed by atoms with E-state index in [4.69, 9.17) is 28.6 Å². The molecule has 0 saturated carbocycles. The molecule has 0 aliphatic rings. The van der Waals surface area contributed by atoms with Gasteiger partial charge in [-0.05, 0) is 53.4 Å². The van der Waals surface area contributed by atoms with Crippen molar-refractivity contribution in [2.45, 2.75) is 90.3 Å². The van der Waals surface area contributed by atoms with Gasteiger partial charge in [-0.15, -0.1) is 0 Å². The summed E-state index contributed by atoms with van der Waals surface area (Å²) in [5.41, 5.74) is -1.90. The van der Waals surface area contributed by atoms with Gasteiger partial charge in [0, 0.05) is 12.8 Å². The van der Waals surface area contributed by atoms with Crippen molar-refractivity contribution in [2.75, 3.05) is 0 Å². The van der Waals surface area contributed by atoms with Crippen LogP contribution in [0.4, 0.5) is 0 Å². The summed E-state index contributed by atoms with van der Waals surface area (Å²) in [7, 11) is -9.05. The van der Waals surface area contributed by atoms with E-state index in [1.54, 1.807) is 27.7 Å². The maximum atomic E-state index is 11.8. The monoisotopic (exact) mass is 418 g/mol. The van der Waals surface area contributed by atoms with E-state index in [9.17, 15) is 13.9 Å². The first-order valence-electron chi connectivity index (χ1n) is 8.56. The van der Waals surface area contributed by atoms with Gasteiger partial charge in [0.15, 0.2) is 0 Å². The first-order valence-corrected chi connectivity index (χ1v) is 11.6. The molecule has 156 valence electrons. The second kappa shape index (κ2) is 10.4. The van der Waals surface area contributed by atoms with Crippen LogP contribution in [0.1, 0.15) is 79.1 Å². The number of phosphoric ester groups is 2. The zero-order valence-electron chi connectivity index (χ0n) is 15.9. The summed E-state index contributed by atoms with van der Waals surface area (Å²) < 4.78 is 31.1. The topological polar surface area (TPSA) is 151 Å². The molecule has 11 heteroatoms. The SMILES string of the molecule is CC(C)(CCCCC(=O)CCCCC(C)(C)OP(=O)(O)O)OP(=O)(O)O. The quantitative estimate of drug-likeness (QED) is 0.245. The maximum absolute atomic E-state index is 11.8. The van der Waals surface area contributed by atoms with Crippen LogP contribution in [-0.4, -0.2) is 36.6 Å². The largest absolute Gasteiger partial charge is 0.470 e. The third kappa shape index (κ3) is 16.1. The van der Waals surface area contributed by atoms with Gasteiger partial charge in [0.2, 0.25) is 0 Å². The van der Waals surface area contributed by atoms with E-state index >= 15 is 0 Å². The lowest BCUT2D eigenvalue weighted by atomic mass is 9.97. The van der Waals surface area contributed by atoms with E-state index < -0.39 is 26.8 Å². The lowest BCUT2D eigenvalue weighted by molar-refractivity contribution is -0.119. The third-order valence-electron chi connectivity index (χ3n) is 3.70. The van der Waals surface area contributed by atoms with Crippen molar-refractivity contribution in [1.29, 1.82) is 0 Å². The van der Waals surface area contributed by atoms with Crippen molar-refractivity contribution < 1.29 is 42.5 Å². The summed E-state index contributed by atoms with van der Waals surface area (Å²) in [6.07, 6.45) is 4.07. The number of unbranched alkanes of at least 4 members (excludes halogenated alkanes) is 2. The Kier molecular flexibility index (Phi) is 10.4. The molecule has 4 N–H and O–H groups in total. The summed E-state index contributed by atoms with van der Waals surface area (Å²) >= 11 is 0. The zero-order valence-corrected chi connectivity index (χ0v) is 17.7. The van der Waals surface area contributed by atoms with Gasteiger partial charge in [0.05, 0.1) is 11.2 Å². The number of carbonyl (C=O) groups excluding carboxylic acids is 1. The fraction of sp³-hybridized carbons (Fsp3) is 0.933. The highest BCUT2D eigenvalue weighted by molar-refractivity contribution is 7.46. The minimum atomic E-state index is -4.53. The van der Waals surface area contributed by atoms with Crippen molar-refractivity contribution in [3.63, 3.8) is 0 Å². The van der Waals surface area contributed by atoms with Crippen LogP contribution in [0.2, 0.25) is 0 Å². The standard InChI is InChI=1S/C15H32O9P2/c1-14(2,23-25(17,18)19)11-7-5-9-13(16)10-6-8-12-15(3,4)24-26(20,21)22/h5-12H2,1-4H3,(H2,17,18,19)(H2,20,21,22). The number of phosphoric acid groups is 2. The lowest BCUT2D eigenvalue weighted by Crippen LogP contribution is -2.23. The molecular formula is C15H32O9P2. The molecule has 0 rings (SSSR count). The Morgan fingerprint density at radius 2 is 1.04 bits per heavy atom. The Morgan fingerprint density at radius 3 is 1.31 bits per heavy atom. The molecule has 0 unspecified atom stereocenters. The van der Waals surface area contributed by atoms with E-state index in [0.29, 0.717) is 51.4 Å². The molecule has 0 aliphatic heterocycles. The molecule has 0 aromatic heterocycles. The van der Waals surface area contributed by atoms with E-state index in [-0.39, 0.29) is 5.78 Å². The van der Waals surface area contributed by atoms with Crippen molar-refractivity contribution >= 4 is 21.4 Å². The van der Waals surface area contributed by atoms with Crippen molar-refractivity contribution in [2.24, 2.45) is 0 Å². The first kappa shape index (κ1) is 25.9. The molecule has 0 amide bonds. The van der Waals surface area contributed by atoms with Crippen LogP contribution < -0.4 is 0 Å². The summed E-state index contributed by atoms with van der Waals surface area (Å²) in [4.78, 5) is 47.1. The van der Waals surface area contributed by atoms with Gasteiger partial charge in [-0.3, -0.25) is 13.8 Å². The third-order valence-corrected chi connectivity index (χ3v) is 5.17. The van der Waals surface area contributed by atoms with Crippen molar-refractivity contribution in [3.8, 4) is 0 Å². The number of carbonyl (C=O) groups is 1. The van der Waals surface area contributed by atoms with Crippen LogP contribution in [0.25, 0.3) is 0 Å².